The standard InChI is InChI=1S/C19H19N3O2/c1-2-15-12-18(23)22-19(20-15)21-16-8-10-17(11-9-16)24-13-14-6-4-3-5-7-14/h3-12H,2,13H2,1H3,(H2,20,21,22,23). The van der Waals surface area contributed by atoms with Gasteiger partial charge in [0.15, 0.2) is 0 Å². The number of benzene rings is 2. The monoisotopic (exact) mass is 321 g/mol. The molecule has 0 aliphatic rings. The van der Waals surface area contributed by atoms with Crippen LogP contribution in [0.1, 0.15) is 18.2 Å². The fourth-order valence-electron chi connectivity index (χ4n) is 2.26. The van der Waals surface area contributed by atoms with Gasteiger partial charge < -0.3 is 10.1 Å². The maximum atomic E-state index is 11.6. The van der Waals surface area contributed by atoms with Crippen molar-refractivity contribution in [2.24, 2.45) is 0 Å². The third-order valence-electron chi connectivity index (χ3n) is 3.52. The Morgan fingerprint density at radius 3 is 2.54 bits per heavy atom. The molecule has 3 aromatic rings. The lowest BCUT2D eigenvalue weighted by atomic mass is 10.2. The summed E-state index contributed by atoms with van der Waals surface area (Å²) < 4.78 is 5.75. The Labute approximate surface area is 140 Å². The minimum atomic E-state index is -0.160. The first kappa shape index (κ1) is 15.8. The van der Waals surface area contributed by atoms with Crippen molar-refractivity contribution < 1.29 is 4.74 Å². The summed E-state index contributed by atoms with van der Waals surface area (Å²) in [5.41, 5.74) is 2.55. The summed E-state index contributed by atoms with van der Waals surface area (Å²) in [7, 11) is 0. The van der Waals surface area contributed by atoms with Gasteiger partial charge in [-0.15, -0.1) is 0 Å². The molecule has 122 valence electrons. The van der Waals surface area contributed by atoms with Crippen LogP contribution in [0.5, 0.6) is 5.75 Å². The summed E-state index contributed by atoms with van der Waals surface area (Å²) in [6, 6.07) is 19.1. The molecular weight excluding hydrogens is 302 g/mol. The molecule has 0 spiro atoms. The number of H-pyrrole nitrogens is 1. The fraction of sp³-hybridized carbons (Fsp3) is 0.158. The summed E-state index contributed by atoms with van der Waals surface area (Å²) >= 11 is 0. The molecule has 0 atom stereocenters. The molecule has 5 nitrogen and oxygen atoms in total. The highest BCUT2D eigenvalue weighted by Crippen LogP contribution is 2.19. The number of rotatable bonds is 6. The zero-order valence-electron chi connectivity index (χ0n) is 13.5. The molecular formula is C19H19N3O2. The molecule has 0 aliphatic carbocycles. The van der Waals surface area contributed by atoms with Crippen LogP contribution in [-0.4, -0.2) is 9.97 Å². The van der Waals surface area contributed by atoms with Gasteiger partial charge in [-0.25, -0.2) is 4.98 Å². The predicted octanol–water partition coefficient (Wildman–Crippen LogP) is 3.65. The van der Waals surface area contributed by atoms with E-state index in [1.807, 2.05) is 61.5 Å². The molecule has 0 bridgehead atoms. The minimum Gasteiger partial charge on any atom is -0.489 e. The van der Waals surface area contributed by atoms with Crippen LogP contribution in [0.4, 0.5) is 11.6 Å². The summed E-state index contributed by atoms with van der Waals surface area (Å²) in [4.78, 5) is 18.6. The largest absolute Gasteiger partial charge is 0.489 e. The minimum absolute atomic E-state index is 0.160. The Morgan fingerprint density at radius 1 is 1.08 bits per heavy atom. The van der Waals surface area contributed by atoms with Crippen molar-refractivity contribution in [3.8, 4) is 5.75 Å². The van der Waals surface area contributed by atoms with E-state index in [0.29, 0.717) is 19.0 Å². The molecule has 3 rings (SSSR count). The summed E-state index contributed by atoms with van der Waals surface area (Å²) in [5.74, 6) is 1.23. The zero-order valence-corrected chi connectivity index (χ0v) is 13.5. The summed E-state index contributed by atoms with van der Waals surface area (Å²) in [6.45, 7) is 2.49. The van der Waals surface area contributed by atoms with Crippen LogP contribution in [0.15, 0.2) is 65.5 Å². The van der Waals surface area contributed by atoms with E-state index in [1.54, 1.807) is 0 Å². The molecule has 1 heterocycles. The van der Waals surface area contributed by atoms with Crippen LogP contribution >= 0.6 is 0 Å². The maximum absolute atomic E-state index is 11.6. The van der Waals surface area contributed by atoms with Gasteiger partial charge in [-0.05, 0) is 36.2 Å². The van der Waals surface area contributed by atoms with Crippen LogP contribution in [0.2, 0.25) is 0 Å². The summed E-state index contributed by atoms with van der Waals surface area (Å²) in [6.07, 6.45) is 0.713. The van der Waals surface area contributed by atoms with Crippen LogP contribution in [0.25, 0.3) is 0 Å². The first-order valence-corrected chi connectivity index (χ1v) is 7.87. The highest BCUT2D eigenvalue weighted by Gasteiger charge is 2.02. The molecule has 0 saturated heterocycles. The predicted molar refractivity (Wildman–Crippen MR) is 94.7 cm³/mol. The fourth-order valence-corrected chi connectivity index (χ4v) is 2.26. The molecule has 1 aromatic heterocycles. The molecule has 0 saturated carbocycles. The average molecular weight is 321 g/mol. The van der Waals surface area contributed by atoms with Gasteiger partial charge in [0.1, 0.15) is 12.4 Å². The van der Waals surface area contributed by atoms with E-state index < -0.39 is 0 Å². The highest BCUT2D eigenvalue weighted by atomic mass is 16.5. The Kier molecular flexibility index (Phi) is 4.91. The molecule has 0 unspecified atom stereocenters. The van der Waals surface area contributed by atoms with E-state index in [2.05, 4.69) is 15.3 Å². The van der Waals surface area contributed by atoms with Gasteiger partial charge in [0.2, 0.25) is 5.95 Å². The Balaban J connectivity index is 1.64. The van der Waals surface area contributed by atoms with Crippen molar-refractivity contribution >= 4 is 11.6 Å². The second-order valence-electron chi connectivity index (χ2n) is 5.36. The Hall–Kier alpha value is -3.08. The maximum Gasteiger partial charge on any atom is 0.252 e. The van der Waals surface area contributed by atoms with Crippen LogP contribution in [0, 0.1) is 0 Å². The number of aromatic nitrogens is 2. The number of hydrogen-bond acceptors (Lipinski definition) is 4. The second kappa shape index (κ2) is 7.46. The molecule has 0 fully saturated rings. The third kappa shape index (κ3) is 4.23. The Morgan fingerprint density at radius 2 is 1.83 bits per heavy atom. The summed E-state index contributed by atoms with van der Waals surface area (Å²) in [5, 5.41) is 3.10. The topological polar surface area (TPSA) is 67.0 Å². The van der Waals surface area contributed by atoms with Crippen molar-refractivity contribution in [3.05, 3.63) is 82.3 Å². The number of aromatic amines is 1. The van der Waals surface area contributed by atoms with E-state index in [0.717, 1.165) is 22.7 Å². The van der Waals surface area contributed by atoms with E-state index in [9.17, 15) is 4.79 Å². The number of hydrogen-bond donors (Lipinski definition) is 2. The SMILES string of the molecule is CCc1cc(=O)[nH]c(Nc2ccc(OCc3ccccc3)cc2)n1. The molecule has 2 aromatic carbocycles. The first-order valence-electron chi connectivity index (χ1n) is 7.87. The number of nitrogens with one attached hydrogen (secondary N) is 2. The van der Waals surface area contributed by atoms with Crippen molar-refractivity contribution in [1.82, 2.24) is 9.97 Å². The lowest BCUT2D eigenvalue weighted by Gasteiger charge is -2.09. The van der Waals surface area contributed by atoms with Gasteiger partial charge in [0, 0.05) is 17.4 Å². The van der Waals surface area contributed by atoms with Gasteiger partial charge in [0.25, 0.3) is 5.56 Å². The van der Waals surface area contributed by atoms with Crippen molar-refractivity contribution in [1.29, 1.82) is 0 Å². The quantitative estimate of drug-likeness (QED) is 0.727. The zero-order chi connectivity index (χ0) is 16.8. The molecule has 0 aliphatic heterocycles. The molecule has 5 heteroatoms. The highest BCUT2D eigenvalue weighted by molar-refractivity contribution is 5.54. The molecule has 24 heavy (non-hydrogen) atoms. The Bertz CT molecular complexity index is 842. The molecule has 2 N–H and O–H groups in total. The third-order valence-corrected chi connectivity index (χ3v) is 3.52. The number of anilines is 2. The average Bonchev–Trinajstić information content (AvgIpc) is 2.61. The van der Waals surface area contributed by atoms with E-state index >= 15 is 0 Å². The first-order chi connectivity index (χ1) is 11.7. The normalized spacial score (nSPS) is 10.4. The van der Waals surface area contributed by atoms with Gasteiger partial charge in [-0.1, -0.05) is 37.3 Å². The van der Waals surface area contributed by atoms with Gasteiger partial charge >= 0.3 is 0 Å². The van der Waals surface area contributed by atoms with E-state index in [1.165, 1.54) is 6.07 Å². The van der Waals surface area contributed by atoms with Crippen molar-refractivity contribution in [3.63, 3.8) is 0 Å². The second-order valence-corrected chi connectivity index (χ2v) is 5.36. The number of ether oxygens (including phenoxy) is 1. The van der Waals surface area contributed by atoms with Gasteiger partial charge in [-0.3, -0.25) is 9.78 Å². The van der Waals surface area contributed by atoms with Gasteiger partial charge in [-0.2, -0.15) is 0 Å². The van der Waals surface area contributed by atoms with Crippen LogP contribution in [0.3, 0.4) is 0 Å². The van der Waals surface area contributed by atoms with Crippen molar-refractivity contribution in [2.45, 2.75) is 20.0 Å². The lowest BCUT2D eigenvalue weighted by Crippen LogP contribution is -2.11. The van der Waals surface area contributed by atoms with Crippen molar-refractivity contribution in [2.75, 3.05) is 5.32 Å². The van der Waals surface area contributed by atoms with E-state index in [4.69, 9.17) is 4.74 Å². The number of aryl methyl sites for hydroxylation is 1. The van der Waals surface area contributed by atoms with Crippen LogP contribution < -0.4 is 15.6 Å². The number of nitrogens with zero attached hydrogens (tertiary/aromatic N) is 1. The molecule has 0 amide bonds. The molecule has 0 radical (unpaired) electrons. The van der Waals surface area contributed by atoms with E-state index in [-0.39, 0.29) is 5.56 Å². The van der Waals surface area contributed by atoms with Gasteiger partial charge in [0.05, 0.1) is 0 Å². The smallest absolute Gasteiger partial charge is 0.252 e. The lowest BCUT2D eigenvalue weighted by molar-refractivity contribution is 0.306. The van der Waals surface area contributed by atoms with Crippen LogP contribution in [-0.2, 0) is 13.0 Å².